The molecular weight excluding hydrogens is 519 g/mol. The maximum absolute atomic E-state index is 13.2. The van der Waals surface area contributed by atoms with Crippen LogP contribution in [0.15, 0.2) is 72.8 Å². The van der Waals surface area contributed by atoms with E-state index in [9.17, 15) is 9.59 Å². The van der Waals surface area contributed by atoms with E-state index < -0.39 is 11.8 Å². The Morgan fingerprint density at radius 3 is 2.34 bits per heavy atom. The molecule has 0 fully saturated rings. The van der Waals surface area contributed by atoms with E-state index in [1.165, 1.54) is 0 Å². The largest absolute Gasteiger partial charge is 0.330 e. The average molecular weight is 550 g/mol. The summed E-state index contributed by atoms with van der Waals surface area (Å²) in [6.07, 6.45) is 4.00. The predicted octanol–water partition coefficient (Wildman–Crippen LogP) is 6.89. The van der Waals surface area contributed by atoms with Crippen LogP contribution in [-0.2, 0) is 4.79 Å². The Morgan fingerprint density at radius 1 is 1.03 bits per heavy atom. The minimum absolute atomic E-state index is 0.114. The summed E-state index contributed by atoms with van der Waals surface area (Å²) in [6.45, 7) is 8.10. The molecule has 2 amide bonds. The Hall–Kier alpha value is -3.71. The molecule has 3 aromatic carbocycles. The molecule has 0 heterocycles. The first-order valence-electron chi connectivity index (χ1n) is 12.0. The molecule has 0 aliphatic heterocycles. The molecule has 0 spiro atoms. The summed E-state index contributed by atoms with van der Waals surface area (Å²) in [4.78, 5) is 26.0. The first kappa shape index (κ1) is 28.9. The number of halogens is 2. The first-order chi connectivity index (χ1) is 18.1. The number of hydrogen-bond donors (Lipinski definition) is 4. The molecule has 1 atom stereocenters. The monoisotopic (exact) mass is 548 g/mol. The van der Waals surface area contributed by atoms with Gasteiger partial charge in [0.2, 0.25) is 5.91 Å². The standard InChI is InChI=1S/C30H30Cl2N4O2/c1-4-20-9-11-23(35-30(38)24(13-14-33)22-10-12-26(31)27(32)16-22)17-25(20)28(34)36-29(37)21-7-5-19(6-8-21)15-18(2)3/h4-12,15-17,24H,1,13-14,33H2,2-3H3,(H,35,38)(H2,34,36,37). The molecule has 1 unspecified atom stereocenters. The summed E-state index contributed by atoms with van der Waals surface area (Å²) < 4.78 is 0. The van der Waals surface area contributed by atoms with Gasteiger partial charge in [-0.2, -0.15) is 0 Å². The van der Waals surface area contributed by atoms with Crippen LogP contribution in [0.5, 0.6) is 0 Å². The fourth-order valence-corrected chi connectivity index (χ4v) is 4.23. The molecule has 38 heavy (non-hydrogen) atoms. The number of carbonyl (C=O) groups is 2. The maximum Gasteiger partial charge on any atom is 0.256 e. The summed E-state index contributed by atoms with van der Waals surface area (Å²) in [5, 5.41) is 14.8. The molecule has 0 saturated heterocycles. The third-order valence-electron chi connectivity index (χ3n) is 5.79. The van der Waals surface area contributed by atoms with E-state index in [4.69, 9.17) is 34.3 Å². The normalized spacial score (nSPS) is 11.3. The van der Waals surface area contributed by atoms with Gasteiger partial charge in [-0.15, -0.1) is 0 Å². The lowest BCUT2D eigenvalue weighted by atomic mass is 9.94. The van der Waals surface area contributed by atoms with Crippen LogP contribution in [0.4, 0.5) is 5.69 Å². The highest BCUT2D eigenvalue weighted by Gasteiger charge is 2.22. The van der Waals surface area contributed by atoms with Crippen molar-refractivity contribution >= 4 is 58.7 Å². The van der Waals surface area contributed by atoms with Gasteiger partial charge < -0.3 is 16.4 Å². The topological polar surface area (TPSA) is 108 Å². The van der Waals surface area contributed by atoms with E-state index in [1.54, 1.807) is 54.6 Å². The van der Waals surface area contributed by atoms with E-state index in [-0.39, 0.29) is 11.7 Å². The van der Waals surface area contributed by atoms with Crippen LogP contribution in [-0.4, -0.2) is 24.2 Å². The highest BCUT2D eigenvalue weighted by molar-refractivity contribution is 6.42. The van der Waals surface area contributed by atoms with E-state index in [0.29, 0.717) is 51.0 Å². The third-order valence-corrected chi connectivity index (χ3v) is 6.53. The van der Waals surface area contributed by atoms with Gasteiger partial charge in [-0.3, -0.25) is 15.0 Å². The van der Waals surface area contributed by atoms with Gasteiger partial charge in [-0.25, -0.2) is 0 Å². The second-order valence-electron chi connectivity index (χ2n) is 8.97. The van der Waals surface area contributed by atoms with Crippen molar-refractivity contribution in [2.24, 2.45) is 5.73 Å². The Kier molecular flexibility index (Phi) is 10.0. The molecule has 3 rings (SSSR count). The number of amidine groups is 1. The number of nitrogens with one attached hydrogen (secondary N) is 3. The molecule has 6 nitrogen and oxygen atoms in total. The van der Waals surface area contributed by atoms with Crippen molar-refractivity contribution in [2.45, 2.75) is 26.2 Å². The molecule has 3 aromatic rings. The second kappa shape index (κ2) is 13.2. The van der Waals surface area contributed by atoms with Crippen LogP contribution in [0, 0.1) is 5.41 Å². The number of anilines is 1. The fourth-order valence-electron chi connectivity index (χ4n) is 3.92. The Balaban J connectivity index is 1.80. The van der Waals surface area contributed by atoms with Crippen LogP contribution in [0.25, 0.3) is 12.2 Å². The van der Waals surface area contributed by atoms with Gasteiger partial charge >= 0.3 is 0 Å². The highest BCUT2D eigenvalue weighted by Crippen LogP contribution is 2.29. The minimum atomic E-state index is -0.550. The van der Waals surface area contributed by atoms with Crippen LogP contribution in [0.2, 0.25) is 10.0 Å². The van der Waals surface area contributed by atoms with Gasteiger partial charge in [0.05, 0.1) is 16.0 Å². The van der Waals surface area contributed by atoms with Crippen LogP contribution in [0.3, 0.4) is 0 Å². The van der Waals surface area contributed by atoms with Gasteiger partial charge in [0.25, 0.3) is 5.91 Å². The van der Waals surface area contributed by atoms with Crippen LogP contribution >= 0.6 is 23.2 Å². The molecule has 5 N–H and O–H groups in total. The van der Waals surface area contributed by atoms with Gasteiger partial charge in [0.15, 0.2) is 0 Å². The van der Waals surface area contributed by atoms with Crippen LogP contribution < -0.4 is 16.4 Å². The van der Waals surface area contributed by atoms with Crippen molar-refractivity contribution in [3.8, 4) is 0 Å². The number of rotatable bonds is 9. The predicted molar refractivity (Wildman–Crippen MR) is 158 cm³/mol. The Morgan fingerprint density at radius 2 is 1.74 bits per heavy atom. The number of nitrogens with two attached hydrogens (primary N) is 1. The van der Waals surface area contributed by atoms with Gasteiger partial charge in [0, 0.05) is 16.8 Å². The van der Waals surface area contributed by atoms with Gasteiger partial charge in [-0.05, 0) is 79.9 Å². The smallest absolute Gasteiger partial charge is 0.256 e. The molecule has 8 heteroatoms. The summed E-state index contributed by atoms with van der Waals surface area (Å²) in [6, 6.07) is 17.2. The molecule has 0 aromatic heterocycles. The van der Waals surface area contributed by atoms with Gasteiger partial charge in [0.1, 0.15) is 5.84 Å². The molecule has 0 aliphatic rings. The van der Waals surface area contributed by atoms with Crippen molar-refractivity contribution in [2.75, 3.05) is 11.9 Å². The minimum Gasteiger partial charge on any atom is -0.330 e. The number of hydrogen-bond acceptors (Lipinski definition) is 4. The number of amides is 2. The van der Waals surface area contributed by atoms with Crippen molar-refractivity contribution < 1.29 is 9.59 Å². The van der Waals surface area contributed by atoms with Gasteiger partial charge in [-0.1, -0.05) is 71.8 Å². The SMILES string of the molecule is C=Cc1ccc(NC(=O)C(CCN)c2ccc(Cl)c(Cl)c2)cc1C(=N)NC(=O)c1ccc(C=C(C)C)cc1. The zero-order valence-electron chi connectivity index (χ0n) is 21.3. The lowest BCUT2D eigenvalue weighted by molar-refractivity contribution is -0.117. The maximum atomic E-state index is 13.2. The van der Waals surface area contributed by atoms with Crippen molar-refractivity contribution in [1.29, 1.82) is 5.41 Å². The van der Waals surface area contributed by atoms with E-state index >= 15 is 0 Å². The Labute approximate surface area is 233 Å². The summed E-state index contributed by atoms with van der Waals surface area (Å²) in [5.74, 6) is -1.35. The lowest BCUT2D eigenvalue weighted by Gasteiger charge is -2.18. The molecule has 196 valence electrons. The molecule has 0 radical (unpaired) electrons. The van der Waals surface area contributed by atoms with E-state index in [2.05, 4.69) is 17.2 Å². The molecule has 0 bridgehead atoms. The molecule has 0 aliphatic carbocycles. The molecular formula is C30H30Cl2N4O2. The third kappa shape index (κ3) is 7.42. The lowest BCUT2D eigenvalue weighted by Crippen LogP contribution is -2.31. The van der Waals surface area contributed by atoms with Crippen molar-refractivity contribution in [1.82, 2.24) is 5.32 Å². The van der Waals surface area contributed by atoms with Crippen LogP contribution in [0.1, 0.15) is 58.8 Å². The second-order valence-corrected chi connectivity index (χ2v) is 9.79. The summed E-state index contributed by atoms with van der Waals surface area (Å²) in [5.41, 5.74) is 10.5. The van der Waals surface area contributed by atoms with Crippen molar-refractivity contribution in [3.63, 3.8) is 0 Å². The van der Waals surface area contributed by atoms with Crippen molar-refractivity contribution in [3.05, 3.63) is 111 Å². The van der Waals surface area contributed by atoms with E-state index in [0.717, 1.165) is 11.1 Å². The number of allylic oxidation sites excluding steroid dienone is 1. The fraction of sp³-hybridized carbons (Fsp3) is 0.167. The molecule has 0 saturated carbocycles. The number of benzene rings is 3. The number of carbonyl (C=O) groups excluding carboxylic acids is 2. The zero-order valence-corrected chi connectivity index (χ0v) is 22.8. The van der Waals surface area contributed by atoms with E-state index in [1.807, 2.05) is 32.1 Å². The first-order valence-corrected chi connectivity index (χ1v) is 12.8. The zero-order chi connectivity index (χ0) is 27.8. The summed E-state index contributed by atoms with van der Waals surface area (Å²) in [7, 11) is 0. The highest BCUT2D eigenvalue weighted by atomic mass is 35.5. The summed E-state index contributed by atoms with van der Waals surface area (Å²) >= 11 is 12.2. The average Bonchev–Trinajstić information content (AvgIpc) is 2.88. The quantitative estimate of drug-likeness (QED) is 0.173. The Bertz CT molecular complexity index is 1390.